The first kappa shape index (κ1) is 19.6. The number of hydrogen-bond acceptors (Lipinski definition) is 4. The summed E-state index contributed by atoms with van der Waals surface area (Å²) in [6, 6.07) is 0.411. The van der Waals surface area contributed by atoms with Gasteiger partial charge in [0.25, 0.3) is 0 Å². The summed E-state index contributed by atoms with van der Waals surface area (Å²) in [5, 5.41) is 9.13. The second-order valence-corrected chi connectivity index (χ2v) is 8.68. The quantitative estimate of drug-likeness (QED) is 0.540. The van der Waals surface area contributed by atoms with Crippen molar-refractivity contribution in [2.75, 3.05) is 39.8 Å². The first-order chi connectivity index (χ1) is 12.6. The Labute approximate surface area is 157 Å². The summed E-state index contributed by atoms with van der Waals surface area (Å²) in [7, 11) is 1.76. The number of amides is 2. The molecule has 0 unspecified atom stereocenters. The zero-order valence-corrected chi connectivity index (χ0v) is 16.4. The topological polar surface area (TPSA) is 73.5 Å². The average molecular weight is 365 g/mol. The molecule has 6 nitrogen and oxygen atoms in total. The van der Waals surface area contributed by atoms with Gasteiger partial charge in [0.1, 0.15) is 0 Å². The molecule has 6 heteroatoms. The van der Waals surface area contributed by atoms with E-state index in [0.717, 1.165) is 43.2 Å². The maximum atomic E-state index is 12.7. The summed E-state index contributed by atoms with van der Waals surface area (Å²) in [6.45, 7) is 5.10. The third-order valence-electron chi connectivity index (χ3n) is 6.55. The van der Waals surface area contributed by atoms with E-state index in [4.69, 9.17) is 0 Å². The van der Waals surface area contributed by atoms with Gasteiger partial charge in [0, 0.05) is 19.1 Å². The van der Waals surface area contributed by atoms with E-state index in [1.54, 1.807) is 7.05 Å². The predicted molar refractivity (Wildman–Crippen MR) is 103 cm³/mol. The van der Waals surface area contributed by atoms with Crippen molar-refractivity contribution in [3.05, 3.63) is 0 Å². The summed E-state index contributed by atoms with van der Waals surface area (Å²) < 4.78 is 0. The lowest BCUT2D eigenvalue weighted by atomic mass is 9.54. The first-order valence-electron chi connectivity index (χ1n) is 10.5. The fourth-order valence-electron chi connectivity index (χ4n) is 5.76. The minimum atomic E-state index is 0.00185. The van der Waals surface area contributed by atoms with Crippen LogP contribution in [0.25, 0.3) is 0 Å². The Hall–Kier alpha value is -1.14. The Kier molecular flexibility index (Phi) is 6.92. The van der Waals surface area contributed by atoms with Crippen molar-refractivity contribution in [3.63, 3.8) is 0 Å². The Morgan fingerprint density at radius 2 is 1.62 bits per heavy atom. The molecule has 0 atom stereocenters. The monoisotopic (exact) mass is 364 g/mol. The Bertz CT molecular complexity index is 468. The largest absolute Gasteiger partial charge is 0.354 e. The van der Waals surface area contributed by atoms with Crippen LogP contribution < -0.4 is 16.0 Å². The lowest BCUT2D eigenvalue weighted by Crippen LogP contribution is -2.57. The van der Waals surface area contributed by atoms with Gasteiger partial charge in [-0.05, 0) is 75.8 Å². The number of carbonyl (C=O) groups excluding carboxylic acids is 2. The van der Waals surface area contributed by atoms with Crippen LogP contribution in [0.4, 0.5) is 0 Å². The smallest absolute Gasteiger partial charge is 0.234 e. The molecule has 0 aromatic carbocycles. The van der Waals surface area contributed by atoms with Gasteiger partial charge in [0.15, 0.2) is 0 Å². The van der Waals surface area contributed by atoms with Crippen LogP contribution in [-0.2, 0) is 9.59 Å². The van der Waals surface area contributed by atoms with Gasteiger partial charge in [-0.1, -0.05) is 6.92 Å². The average Bonchev–Trinajstić information content (AvgIpc) is 2.58. The molecule has 0 heterocycles. The number of hydrogen-bond donors (Lipinski definition) is 3. The third-order valence-corrected chi connectivity index (χ3v) is 6.55. The highest BCUT2D eigenvalue weighted by molar-refractivity contribution is 5.79. The molecule has 4 fully saturated rings. The van der Waals surface area contributed by atoms with Crippen molar-refractivity contribution in [2.45, 2.75) is 51.5 Å². The lowest BCUT2D eigenvalue weighted by molar-refractivity contribution is -0.126. The van der Waals surface area contributed by atoms with Crippen LogP contribution in [0.5, 0.6) is 0 Å². The van der Waals surface area contributed by atoms with Crippen LogP contribution in [0, 0.1) is 23.7 Å². The minimum absolute atomic E-state index is 0.00185. The van der Waals surface area contributed by atoms with Gasteiger partial charge in [0.05, 0.1) is 13.1 Å². The summed E-state index contributed by atoms with van der Waals surface area (Å²) in [5.41, 5.74) is 0. The van der Waals surface area contributed by atoms with E-state index in [9.17, 15) is 9.59 Å². The molecule has 0 aliphatic heterocycles. The number of nitrogens with one attached hydrogen (secondary N) is 3. The fraction of sp³-hybridized carbons (Fsp3) is 0.900. The summed E-state index contributed by atoms with van der Waals surface area (Å²) in [4.78, 5) is 26.4. The van der Waals surface area contributed by atoms with E-state index in [0.29, 0.717) is 25.7 Å². The van der Waals surface area contributed by atoms with Crippen molar-refractivity contribution in [1.29, 1.82) is 0 Å². The van der Waals surface area contributed by atoms with Crippen LogP contribution in [0.1, 0.15) is 45.4 Å². The maximum Gasteiger partial charge on any atom is 0.234 e. The zero-order chi connectivity index (χ0) is 18.5. The van der Waals surface area contributed by atoms with Crippen LogP contribution in [0.3, 0.4) is 0 Å². The molecule has 2 amide bonds. The number of nitrogens with zero attached hydrogens (tertiary/aromatic N) is 1. The Balaban J connectivity index is 1.43. The SMILES string of the molecule is CCCN(CCNC(=O)CNC)CC(=O)NC1C2CC3CC(C2)CC1C3. The minimum Gasteiger partial charge on any atom is -0.354 e. The van der Waals surface area contributed by atoms with E-state index in [2.05, 4.69) is 27.8 Å². The van der Waals surface area contributed by atoms with Gasteiger partial charge >= 0.3 is 0 Å². The predicted octanol–water partition coefficient (Wildman–Crippen LogP) is 0.975. The first-order valence-corrected chi connectivity index (χ1v) is 10.5. The molecule has 0 saturated heterocycles. The molecule has 0 spiro atoms. The van der Waals surface area contributed by atoms with Gasteiger partial charge in [-0.25, -0.2) is 0 Å². The molecule has 4 aliphatic rings. The molecule has 0 aromatic rings. The molecule has 26 heavy (non-hydrogen) atoms. The highest BCUT2D eigenvalue weighted by Gasteiger charge is 2.48. The van der Waals surface area contributed by atoms with Gasteiger partial charge in [-0.2, -0.15) is 0 Å². The molecule has 4 rings (SSSR count). The van der Waals surface area contributed by atoms with Crippen molar-refractivity contribution in [3.8, 4) is 0 Å². The van der Waals surface area contributed by atoms with Crippen LogP contribution >= 0.6 is 0 Å². The van der Waals surface area contributed by atoms with E-state index in [1.165, 1.54) is 32.1 Å². The van der Waals surface area contributed by atoms with Crippen LogP contribution in [0.15, 0.2) is 0 Å². The maximum absolute atomic E-state index is 12.7. The Morgan fingerprint density at radius 3 is 2.19 bits per heavy atom. The second-order valence-electron chi connectivity index (χ2n) is 8.68. The standard InChI is InChI=1S/C20H36N4O2/c1-3-5-24(6-4-22-18(25)12-21-2)13-19(26)23-20-16-8-14-7-15(10-16)11-17(20)9-14/h14-17,20-21H,3-13H2,1-2H3,(H,22,25)(H,23,26). The van der Waals surface area contributed by atoms with Crippen LogP contribution in [-0.4, -0.2) is 62.5 Å². The van der Waals surface area contributed by atoms with Crippen molar-refractivity contribution in [2.24, 2.45) is 23.7 Å². The normalized spacial score (nSPS) is 32.0. The second kappa shape index (κ2) is 9.18. The van der Waals surface area contributed by atoms with Crippen molar-refractivity contribution >= 4 is 11.8 Å². The molecule has 0 aromatic heterocycles. The summed E-state index contributed by atoms with van der Waals surface area (Å²) in [5.74, 6) is 3.47. The van der Waals surface area contributed by atoms with Crippen LogP contribution in [0.2, 0.25) is 0 Å². The van der Waals surface area contributed by atoms with Gasteiger partial charge in [-0.15, -0.1) is 0 Å². The van der Waals surface area contributed by atoms with E-state index in [1.807, 2.05) is 0 Å². The molecule has 4 bridgehead atoms. The molecule has 4 saturated carbocycles. The third kappa shape index (κ3) is 4.97. The summed E-state index contributed by atoms with van der Waals surface area (Å²) in [6.07, 6.45) is 7.76. The van der Waals surface area contributed by atoms with Gasteiger partial charge in [0.2, 0.25) is 11.8 Å². The van der Waals surface area contributed by atoms with Crippen molar-refractivity contribution in [1.82, 2.24) is 20.9 Å². The lowest BCUT2D eigenvalue weighted by Gasteiger charge is -2.54. The highest BCUT2D eigenvalue weighted by atomic mass is 16.2. The zero-order valence-electron chi connectivity index (χ0n) is 16.4. The van der Waals surface area contributed by atoms with E-state index >= 15 is 0 Å². The number of carbonyl (C=O) groups is 2. The molecular weight excluding hydrogens is 328 g/mol. The van der Waals surface area contributed by atoms with Crippen molar-refractivity contribution < 1.29 is 9.59 Å². The molecule has 148 valence electrons. The van der Waals surface area contributed by atoms with E-state index < -0.39 is 0 Å². The molecule has 0 radical (unpaired) electrons. The van der Waals surface area contributed by atoms with Gasteiger partial charge in [-0.3, -0.25) is 14.5 Å². The Morgan fingerprint density at radius 1 is 0.962 bits per heavy atom. The molecule has 4 aliphatic carbocycles. The molecular formula is C20H36N4O2. The highest BCUT2D eigenvalue weighted by Crippen LogP contribution is 2.53. The number of likely N-dealkylation sites (N-methyl/N-ethyl adjacent to an activating group) is 1. The summed E-state index contributed by atoms with van der Waals surface area (Å²) >= 11 is 0. The molecule has 3 N–H and O–H groups in total. The van der Waals surface area contributed by atoms with Gasteiger partial charge < -0.3 is 16.0 Å². The van der Waals surface area contributed by atoms with E-state index in [-0.39, 0.29) is 11.8 Å². The number of rotatable bonds is 10. The fourth-order valence-corrected chi connectivity index (χ4v) is 5.76.